The van der Waals surface area contributed by atoms with E-state index in [0.717, 1.165) is 17.5 Å². The second-order valence-electron chi connectivity index (χ2n) is 3.93. The molecule has 19 heavy (non-hydrogen) atoms. The smallest absolute Gasteiger partial charge is 0.363 e. The van der Waals surface area contributed by atoms with Gasteiger partial charge in [0.15, 0.2) is 5.69 Å². The Balaban J connectivity index is 2.01. The molecular weight excluding hydrogens is 257 g/mol. The lowest BCUT2D eigenvalue weighted by Crippen LogP contribution is -2.10. The minimum absolute atomic E-state index is 0.274. The van der Waals surface area contributed by atoms with Gasteiger partial charge in [0.25, 0.3) is 0 Å². The Hall–Kier alpha value is -2.18. The molecule has 0 aliphatic carbocycles. The van der Waals surface area contributed by atoms with Crippen LogP contribution in [0.4, 0.5) is 19.0 Å². The van der Waals surface area contributed by atoms with Crippen molar-refractivity contribution in [2.24, 2.45) is 0 Å². The highest BCUT2D eigenvalue weighted by Crippen LogP contribution is 2.27. The van der Waals surface area contributed by atoms with E-state index in [-0.39, 0.29) is 5.82 Å². The van der Waals surface area contributed by atoms with Crippen molar-refractivity contribution in [3.63, 3.8) is 0 Å². The summed E-state index contributed by atoms with van der Waals surface area (Å²) in [5.74, 6) is 0.274. The maximum Gasteiger partial charge on any atom is 0.435 e. The van der Waals surface area contributed by atoms with Gasteiger partial charge in [-0.3, -0.25) is 4.98 Å². The number of halogens is 3. The SMILES string of the molecule is Cc1cccc(CNc2ccc(C(F)(F)F)nn2)n1. The van der Waals surface area contributed by atoms with E-state index in [1.54, 1.807) is 0 Å². The van der Waals surface area contributed by atoms with E-state index in [1.807, 2.05) is 25.1 Å². The number of pyridine rings is 1. The van der Waals surface area contributed by atoms with Crippen molar-refractivity contribution >= 4 is 5.82 Å². The Morgan fingerprint density at radius 3 is 2.47 bits per heavy atom. The summed E-state index contributed by atoms with van der Waals surface area (Å²) in [7, 11) is 0. The first-order valence-corrected chi connectivity index (χ1v) is 5.52. The number of nitrogens with zero attached hydrogens (tertiary/aromatic N) is 3. The van der Waals surface area contributed by atoms with Crippen LogP contribution in [-0.2, 0) is 12.7 Å². The molecule has 2 rings (SSSR count). The number of aryl methyl sites for hydroxylation is 1. The fourth-order valence-corrected chi connectivity index (χ4v) is 1.46. The Morgan fingerprint density at radius 2 is 1.89 bits per heavy atom. The molecule has 0 aliphatic rings. The molecule has 2 aromatic heterocycles. The minimum Gasteiger partial charge on any atom is -0.363 e. The molecule has 0 amide bonds. The molecule has 0 radical (unpaired) electrons. The van der Waals surface area contributed by atoms with Crippen LogP contribution in [0.25, 0.3) is 0 Å². The number of nitrogens with one attached hydrogen (secondary N) is 1. The van der Waals surface area contributed by atoms with Gasteiger partial charge in [-0.1, -0.05) is 6.07 Å². The minimum atomic E-state index is -4.47. The first kappa shape index (κ1) is 13.3. The highest BCUT2D eigenvalue weighted by molar-refractivity contribution is 5.34. The second kappa shape index (κ2) is 5.21. The average Bonchev–Trinajstić information content (AvgIpc) is 2.36. The van der Waals surface area contributed by atoms with Crippen molar-refractivity contribution in [3.8, 4) is 0 Å². The van der Waals surface area contributed by atoms with E-state index < -0.39 is 11.9 Å². The third-order valence-corrected chi connectivity index (χ3v) is 2.35. The fraction of sp³-hybridized carbons (Fsp3) is 0.250. The van der Waals surface area contributed by atoms with Crippen LogP contribution in [0.15, 0.2) is 30.3 Å². The zero-order valence-electron chi connectivity index (χ0n) is 10.1. The third kappa shape index (κ3) is 3.64. The van der Waals surface area contributed by atoms with Gasteiger partial charge in [0.2, 0.25) is 0 Å². The quantitative estimate of drug-likeness (QED) is 0.930. The van der Waals surface area contributed by atoms with Crippen LogP contribution in [0.5, 0.6) is 0 Å². The predicted molar refractivity (Wildman–Crippen MR) is 63.3 cm³/mol. The van der Waals surface area contributed by atoms with Crippen molar-refractivity contribution in [2.45, 2.75) is 19.6 Å². The monoisotopic (exact) mass is 268 g/mol. The molecule has 100 valence electrons. The van der Waals surface area contributed by atoms with Gasteiger partial charge < -0.3 is 5.32 Å². The van der Waals surface area contributed by atoms with Crippen LogP contribution in [0.3, 0.4) is 0 Å². The lowest BCUT2D eigenvalue weighted by atomic mass is 10.3. The Morgan fingerprint density at radius 1 is 1.11 bits per heavy atom. The first-order chi connectivity index (χ1) is 8.95. The van der Waals surface area contributed by atoms with Crippen molar-refractivity contribution in [2.75, 3.05) is 5.32 Å². The molecule has 0 bridgehead atoms. The van der Waals surface area contributed by atoms with E-state index in [4.69, 9.17) is 0 Å². The summed E-state index contributed by atoms with van der Waals surface area (Å²) in [5.41, 5.74) is 0.645. The van der Waals surface area contributed by atoms with E-state index >= 15 is 0 Å². The molecule has 0 spiro atoms. The number of rotatable bonds is 3. The lowest BCUT2D eigenvalue weighted by molar-refractivity contribution is -0.141. The summed E-state index contributed by atoms with van der Waals surface area (Å²) in [4.78, 5) is 4.25. The van der Waals surface area contributed by atoms with E-state index in [1.165, 1.54) is 6.07 Å². The zero-order valence-corrected chi connectivity index (χ0v) is 10.1. The lowest BCUT2D eigenvalue weighted by Gasteiger charge is -2.07. The second-order valence-corrected chi connectivity index (χ2v) is 3.93. The van der Waals surface area contributed by atoms with Crippen molar-refractivity contribution in [1.82, 2.24) is 15.2 Å². The van der Waals surface area contributed by atoms with Crippen LogP contribution in [0.2, 0.25) is 0 Å². The van der Waals surface area contributed by atoms with Crippen LogP contribution >= 0.6 is 0 Å². The van der Waals surface area contributed by atoms with E-state index in [9.17, 15) is 13.2 Å². The maximum absolute atomic E-state index is 12.3. The van der Waals surface area contributed by atoms with Gasteiger partial charge in [0, 0.05) is 5.69 Å². The van der Waals surface area contributed by atoms with Crippen LogP contribution in [-0.4, -0.2) is 15.2 Å². The van der Waals surface area contributed by atoms with Crippen LogP contribution in [0, 0.1) is 6.92 Å². The number of aromatic nitrogens is 3. The number of hydrogen-bond acceptors (Lipinski definition) is 4. The molecule has 0 atom stereocenters. The van der Waals surface area contributed by atoms with Crippen LogP contribution < -0.4 is 5.32 Å². The van der Waals surface area contributed by atoms with Gasteiger partial charge in [0.05, 0.1) is 12.2 Å². The summed E-state index contributed by atoms with van der Waals surface area (Å²) in [5, 5.41) is 9.46. The van der Waals surface area contributed by atoms with Crippen molar-refractivity contribution in [3.05, 3.63) is 47.4 Å². The molecule has 0 unspecified atom stereocenters. The molecular formula is C12H11F3N4. The van der Waals surface area contributed by atoms with Gasteiger partial charge in [-0.05, 0) is 31.2 Å². The summed E-state index contributed by atoms with van der Waals surface area (Å²) in [6.07, 6.45) is -4.47. The molecule has 4 nitrogen and oxygen atoms in total. The highest BCUT2D eigenvalue weighted by Gasteiger charge is 2.32. The molecule has 0 saturated heterocycles. The molecule has 2 heterocycles. The molecule has 0 aromatic carbocycles. The normalized spacial score (nSPS) is 11.4. The van der Waals surface area contributed by atoms with E-state index in [2.05, 4.69) is 20.5 Å². The molecule has 7 heteroatoms. The molecule has 2 aromatic rings. The maximum atomic E-state index is 12.3. The fourth-order valence-electron chi connectivity index (χ4n) is 1.46. The third-order valence-electron chi connectivity index (χ3n) is 2.35. The molecule has 0 aliphatic heterocycles. The molecule has 0 fully saturated rings. The number of anilines is 1. The summed E-state index contributed by atoms with van der Waals surface area (Å²) in [6, 6.07) is 7.67. The van der Waals surface area contributed by atoms with Crippen molar-refractivity contribution < 1.29 is 13.2 Å². The number of alkyl halides is 3. The average molecular weight is 268 g/mol. The predicted octanol–water partition coefficient (Wildman–Crippen LogP) is 2.81. The standard InChI is InChI=1S/C12H11F3N4/c1-8-3-2-4-9(17-8)7-16-11-6-5-10(18-19-11)12(13,14)15/h2-6H,7H2,1H3,(H,16,19). The summed E-state index contributed by atoms with van der Waals surface area (Å²) in [6.45, 7) is 2.24. The first-order valence-electron chi connectivity index (χ1n) is 5.52. The van der Waals surface area contributed by atoms with Crippen LogP contribution in [0.1, 0.15) is 17.1 Å². The van der Waals surface area contributed by atoms with E-state index in [0.29, 0.717) is 6.54 Å². The van der Waals surface area contributed by atoms with Gasteiger partial charge in [-0.2, -0.15) is 13.2 Å². The Labute approximate surface area is 107 Å². The van der Waals surface area contributed by atoms with Gasteiger partial charge >= 0.3 is 6.18 Å². The Bertz CT molecular complexity index is 552. The van der Waals surface area contributed by atoms with Gasteiger partial charge in [-0.15, -0.1) is 10.2 Å². The van der Waals surface area contributed by atoms with Gasteiger partial charge in [0.1, 0.15) is 5.82 Å². The summed E-state index contributed by atoms with van der Waals surface area (Å²) >= 11 is 0. The van der Waals surface area contributed by atoms with Gasteiger partial charge in [-0.25, -0.2) is 0 Å². The topological polar surface area (TPSA) is 50.7 Å². The zero-order chi connectivity index (χ0) is 13.9. The largest absolute Gasteiger partial charge is 0.435 e. The highest BCUT2D eigenvalue weighted by atomic mass is 19.4. The number of hydrogen-bond donors (Lipinski definition) is 1. The molecule has 0 saturated carbocycles. The van der Waals surface area contributed by atoms with Crippen molar-refractivity contribution in [1.29, 1.82) is 0 Å². The molecule has 1 N–H and O–H groups in total. The Kier molecular flexibility index (Phi) is 3.64. The summed E-state index contributed by atoms with van der Waals surface area (Å²) < 4.78 is 36.8.